The van der Waals surface area contributed by atoms with E-state index >= 15 is 0 Å². The number of rotatable bonds is 4. The molecule has 4 N–H and O–H groups in total. The predicted octanol–water partition coefficient (Wildman–Crippen LogP) is 4.96. The van der Waals surface area contributed by atoms with Crippen molar-refractivity contribution in [1.29, 1.82) is 0 Å². The van der Waals surface area contributed by atoms with Gasteiger partial charge in [0.05, 0.1) is 29.6 Å². The van der Waals surface area contributed by atoms with Crippen LogP contribution in [-0.4, -0.2) is 12.7 Å². The topological polar surface area (TPSA) is 76.4 Å². The Morgan fingerprint density at radius 1 is 1.26 bits per heavy atom. The number of benzene rings is 2. The summed E-state index contributed by atoms with van der Waals surface area (Å²) in [6.45, 7) is 1.97. The van der Waals surface area contributed by atoms with E-state index in [0.29, 0.717) is 17.1 Å². The number of hydrogen-bond acceptors (Lipinski definition) is 4. The van der Waals surface area contributed by atoms with E-state index < -0.39 is 17.8 Å². The summed E-state index contributed by atoms with van der Waals surface area (Å²) in [7, 11) is 0. The molecule has 0 aromatic heterocycles. The van der Waals surface area contributed by atoms with Gasteiger partial charge < -0.3 is 15.8 Å². The van der Waals surface area contributed by atoms with E-state index in [-0.39, 0.29) is 12.6 Å². The van der Waals surface area contributed by atoms with Crippen LogP contribution in [-0.2, 0) is 17.3 Å². The number of aryl methyl sites for hydroxylation is 1. The third kappa shape index (κ3) is 4.27. The van der Waals surface area contributed by atoms with Gasteiger partial charge in [-0.05, 0) is 67.3 Å². The third-order valence-electron chi connectivity index (χ3n) is 4.45. The maximum atomic E-state index is 12.7. The molecule has 0 aliphatic heterocycles. The number of carbonyl (C=O) groups is 1. The molecule has 1 amide bonds. The van der Waals surface area contributed by atoms with Crippen molar-refractivity contribution >= 4 is 23.2 Å². The molecule has 0 heterocycles. The number of nitrogens with two attached hydrogens (primary N) is 1. The Morgan fingerprint density at radius 2 is 1.96 bits per heavy atom. The average molecular weight is 379 g/mol. The second kappa shape index (κ2) is 7.38. The Balaban J connectivity index is 1.75. The molecule has 3 rings (SSSR count). The molecule has 1 unspecified atom stereocenters. The second-order valence-electron chi connectivity index (χ2n) is 6.29. The molecule has 0 saturated heterocycles. The molecule has 2 aromatic rings. The second-order valence-corrected chi connectivity index (χ2v) is 6.29. The van der Waals surface area contributed by atoms with Gasteiger partial charge in [0.2, 0.25) is 0 Å². The first-order valence-electron chi connectivity index (χ1n) is 8.57. The monoisotopic (exact) mass is 379 g/mol. The first-order chi connectivity index (χ1) is 12.8. The summed E-state index contributed by atoms with van der Waals surface area (Å²) in [6, 6.07) is 8.48. The predicted molar refractivity (Wildman–Crippen MR) is 97.6 cm³/mol. The molecule has 2 aromatic carbocycles. The molecular formula is C19H20F3N3O2. The van der Waals surface area contributed by atoms with Gasteiger partial charge in [-0.25, -0.2) is 4.79 Å². The Hall–Kier alpha value is -2.90. The van der Waals surface area contributed by atoms with Gasteiger partial charge in [0.25, 0.3) is 0 Å². The summed E-state index contributed by atoms with van der Waals surface area (Å²) in [5.41, 5.74) is 8.86. The van der Waals surface area contributed by atoms with Crippen molar-refractivity contribution in [2.24, 2.45) is 0 Å². The Morgan fingerprint density at radius 3 is 2.59 bits per heavy atom. The summed E-state index contributed by atoms with van der Waals surface area (Å²) in [6.07, 6.45) is -3.37. The van der Waals surface area contributed by atoms with Crippen molar-refractivity contribution < 1.29 is 22.7 Å². The number of halogens is 3. The maximum absolute atomic E-state index is 12.7. The molecule has 5 nitrogen and oxygen atoms in total. The summed E-state index contributed by atoms with van der Waals surface area (Å²) < 4.78 is 42.9. The minimum absolute atomic E-state index is 0.0596. The highest BCUT2D eigenvalue weighted by Gasteiger charge is 2.30. The Bertz CT molecular complexity index is 835. The van der Waals surface area contributed by atoms with Crippen molar-refractivity contribution in [2.45, 2.75) is 32.0 Å². The molecule has 8 heteroatoms. The van der Waals surface area contributed by atoms with Crippen LogP contribution in [0.25, 0.3) is 0 Å². The number of ether oxygens (including phenoxy) is 1. The van der Waals surface area contributed by atoms with Crippen molar-refractivity contribution in [3.8, 4) is 0 Å². The first-order valence-corrected chi connectivity index (χ1v) is 8.57. The molecular weight excluding hydrogens is 359 g/mol. The van der Waals surface area contributed by atoms with Gasteiger partial charge in [0.15, 0.2) is 0 Å². The van der Waals surface area contributed by atoms with Gasteiger partial charge in [-0.15, -0.1) is 0 Å². The van der Waals surface area contributed by atoms with Crippen LogP contribution in [0.4, 0.5) is 35.0 Å². The molecule has 0 spiro atoms. The van der Waals surface area contributed by atoms with Gasteiger partial charge in [-0.1, -0.05) is 0 Å². The molecule has 144 valence electrons. The van der Waals surface area contributed by atoms with Crippen LogP contribution in [0.3, 0.4) is 0 Å². The quantitative estimate of drug-likeness (QED) is 0.657. The fraction of sp³-hybridized carbons (Fsp3) is 0.316. The van der Waals surface area contributed by atoms with Crippen LogP contribution < -0.4 is 16.4 Å². The number of hydrogen-bond donors (Lipinski definition) is 3. The van der Waals surface area contributed by atoms with E-state index in [1.54, 1.807) is 13.0 Å². The molecule has 27 heavy (non-hydrogen) atoms. The van der Waals surface area contributed by atoms with Gasteiger partial charge in [-0.3, -0.25) is 5.32 Å². The standard InChI is InChI=1S/C19H20F3N3O2/c1-2-27-18(26)25-17-9-11-3-8-16(14(11)10-15(17)23)24-13-6-4-12(5-7-13)19(20,21)22/h4-7,9-10,16,24H,2-3,8,23H2,1H3,(H,25,26). The van der Waals surface area contributed by atoms with Gasteiger partial charge >= 0.3 is 12.3 Å². The number of anilines is 3. The lowest BCUT2D eigenvalue weighted by atomic mass is 10.1. The van der Waals surface area contributed by atoms with Crippen LogP contribution in [0.15, 0.2) is 36.4 Å². The van der Waals surface area contributed by atoms with Crippen LogP contribution in [0.1, 0.15) is 36.1 Å². The molecule has 1 atom stereocenters. The summed E-state index contributed by atoms with van der Waals surface area (Å²) in [4.78, 5) is 11.6. The summed E-state index contributed by atoms with van der Waals surface area (Å²) in [5, 5.41) is 5.86. The Kier molecular flexibility index (Phi) is 5.16. The maximum Gasteiger partial charge on any atom is 0.416 e. The number of fused-ring (bicyclic) bond motifs is 1. The molecule has 0 radical (unpaired) electrons. The van der Waals surface area contributed by atoms with Crippen molar-refractivity contribution in [2.75, 3.05) is 23.0 Å². The van der Waals surface area contributed by atoms with Crippen LogP contribution in [0.2, 0.25) is 0 Å². The van der Waals surface area contributed by atoms with Crippen LogP contribution in [0.5, 0.6) is 0 Å². The first kappa shape index (κ1) is 18.9. The zero-order valence-electron chi connectivity index (χ0n) is 14.7. The lowest BCUT2D eigenvalue weighted by Gasteiger charge is -2.18. The zero-order valence-corrected chi connectivity index (χ0v) is 14.7. The number of amides is 1. The Labute approximate surface area is 154 Å². The molecule has 0 bridgehead atoms. The van der Waals surface area contributed by atoms with E-state index in [4.69, 9.17) is 10.5 Å². The SMILES string of the molecule is CCOC(=O)Nc1cc2c(cc1N)C(Nc1ccc(C(F)(F)F)cc1)CC2. The average Bonchev–Trinajstić information content (AvgIpc) is 2.97. The van der Waals surface area contributed by atoms with E-state index in [1.807, 2.05) is 6.07 Å². The number of carbonyl (C=O) groups excluding carboxylic acids is 1. The number of alkyl halides is 3. The fourth-order valence-electron chi connectivity index (χ4n) is 3.17. The van der Waals surface area contributed by atoms with E-state index in [2.05, 4.69) is 10.6 Å². The van der Waals surface area contributed by atoms with Gasteiger partial charge in [0.1, 0.15) is 0 Å². The van der Waals surface area contributed by atoms with Gasteiger partial charge in [-0.2, -0.15) is 13.2 Å². The van der Waals surface area contributed by atoms with E-state index in [1.165, 1.54) is 12.1 Å². The zero-order chi connectivity index (χ0) is 19.6. The van der Waals surface area contributed by atoms with Crippen molar-refractivity contribution in [1.82, 2.24) is 0 Å². The van der Waals surface area contributed by atoms with E-state index in [9.17, 15) is 18.0 Å². The minimum atomic E-state index is -4.35. The van der Waals surface area contributed by atoms with Crippen LogP contribution >= 0.6 is 0 Å². The minimum Gasteiger partial charge on any atom is -0.450 e. The van der Waals surface area contributed by atoms with Crippen LogP contribution in [0, 0.1) is 0 Å². The van der Waals surface area contributed by atoms with E-state index in [0.717, 1.165) is 36.1 Å². The highest BCUT2D eigenvalue weighted by atomic mass is 19.4. The molecule has 1 aliphatic rings. The molecule has 0 fully saturated rings. The summed E-state index contributed by atoms with van der Waals surface area (Å²) in [5.74, 6) is 0. The normalized spacial score (nSPS) is 15.9. The number of nitrogens with one attached hydrogen (secondary N) is 2. The smallest absolute Gasteiger partial charge is 0.416 e. The highest BCUT2D eigenvalue weighted by molar-refractivity contribution is 5.89. The third-order valence-corrected chi connectivity index (χ3v) is 4.45. The molecule has 0 saturated carbocycles. The fourth-order valence-corrected chi connectivity index (χ4v) is 3.17. The largest absolute Gasteiger partial charge is 0.450 e. The lowest BCUT2D eigenvalue weighted by Crippen LogP contribution is -2.15. The number of nitrogen functional groups attached to an aromatic ring is 1. The van der Waals surface area contributed by atoms with Crippen molar-refractivity contribution in [3.05, 3.63) is 53.1 Å². The molecule has 1 aliphatic carbocycles. The summed E-state index contributed by atoms with van der Waals surface area (Å²) >= 11 is 0. The van der Waals surface area contributed by atoms with Crippen molar-refractivity contribution in [3.63, 3.8) is 0 Å². The lowest BCUT2D eigenvalue weighted by molar-refractivity contribution is -0.137. The highest BCUT2D eigenvalue weighted by Crippen LogP contribution is 2.38. The van der Waals surface area contributed by atoms with Gasteiger partial charge in [0, 0.05) is 5.69 Å².